The SMILES string of the molecule is C=C1OC(CCCCC)C(OCOC)C(O)C1OC. The molecule has 0 aromatic rings. The van der Waals surface area contributed by atoms with Crippen molar-refractivity contribution in [1.82, 2.24) is 0 Å². The predicted octanol–water partition coefficient (Wildman–Crippen LogP) is 1.84. The highest BCUT2D eigenvalue weighted by Crippen LogP contribution is 2.29. The van der Waals surface area contributed by atoms with Crippen LogP contribution in [0.25, 0.3) is 0 Å². The number of unbranched alkanes of at least 4 members (excludes halogenated alkanes) is 2. The lowest BCUT2D eigenvalue weighted by Gasteiger charge is -2.40. The predicted molar refractivity (Wildman–Crippen MR) is 71.7 cm³/mol. The largest absolute Gasteiger partial charge is 0.490 e. The average molecular weight is 274 g/mol. The van der Waals surface area contributed by atoms with Gasteiger partial charge in [0.15, 0.2) is 0 Å². The van der Waals surface area contributed by atoms with E-state index < -0.39 is 18.3 Å². The van der Waals surface area contributed by atoms with Gasteiger partial charge in [0.25, 0.3) is 0 Å². The minimum Gasteiger partial charge on any atom is -0.490 e. The summed E-state index contributed by atoms with van der Waals surface area (Å²) in [6.45, 7) is 6.09. The van der Waals surface area contributed by atoms with Crippen LogP contribution in [0.2, 0.25) is 0 Å². The zero-order valence-electron chi connectivity index (χ0n) is 12.1. The highest BCUT2D eigenvalue weighted by molar-refractivity contribution is 5.06. The van der Waals surface area contributed by atoms with Crippen LogP contribution in [-0.4, -0.2) is 50.5 Å². The third kappa shape index (κ3) is 4.45. The molecule has 19 heavy (non-hydrogen) atoms. The van der Waals surface area contributed by atoms with Crippen LogP contribution < -0.4 is 0 Å². The van der Waals surface area contributed by atoms with Gasteiger partial charge in [-0.2, -0.15) is 0 Å². The number of ether oxygens (including phenoxy) is 4. The Bertz CT molecular complexity index is 269. The van der Waals surface area contributed by atoms with Crippen LogP contribution in [0, 0.1) is 0 Å². The van der Waals surface area contributed by atoms with Gasteiger partial charge in [0, 0.05) is 14.2 Å². The second-order valence-corrected chi connectivity index (χ2v) is 4.80. The first-order chi connectivity index (χ1) is 9.15. The first kappa shape index (κ1) is 16.4. The molecule has 1 aliphatic rings. The molecule has 5 heteroatoms. The highest BCUT2D eigenvalue weighted by atomic mass is 16.7. The van der Waals surface area contributed by atoms with E-state index in [1.807, 2.05) is 0 Å². The lowest BCUT2D eigenvalue weighted by Crippen LogP contribution is -2.53. The molecule has 4 atom stereocenters. The molecule has 0 aromatic carbocycles. The van der Waals surface area contributed by atoms with Gasteiger partial charge in [-0.05, 0) is 12.8 Å². The van der Waals surface area contributed by atoms with Crippen LogP contribution in [-0.2, 0) is 18.9 Å². The summed E-state index contributed by atoms with van der Waals surface area (Å²) in [7, 11) is 3.07. The van der Waals surface area contributed by atoms with Crippen LogP contribution in [0.5, 0.6) is 0 Å². The van der Waals surface area contributed by atoms with Crippen molar-refractivity contribution in [2.24, 2.45) is 0 Å². The van der Waals surface area contributed by atoms with Gasteiger partial charge < -0.3 is 24.1 Å². The van der Waals surface area contributed by atoms with Crippen molar-refractivity contribution in [1.29, 1.82) is 0 Å². The van der Waals surface area contributed by atoms with E-state index in [-0.39, 0.29) is 12.9 Å². The molecule has 0 bridgehead atoms. The summed E-state index contributed by atoms with van der Waals surface area (Å²) in [6.07, 6.45) is 2.15. The summed E-state index contributed by atoms with van der Waals surface area (Å²) < 4.78 is 21.4. The molecule has 1 fully saturated rings. The molecule has 112 valence electrons. The lowest BCUT2D eigenvalue weighted by atomic mass is 9.94. The molecule has 0 aromatic heterocycles. The van der Waals surface area contributed by atoms with Gasteiger partial charge in [-0.1, -0.05) is 26.3 Å². The maximum atomic E-state index is 10.3. The summed E-state index contributed by atoms with van der Waals surface area (Å²) in [5.74, 6) is 0.466. The lowest BCUT2D eigenvalue weighted by molar-refractivity contribution is -0.209. The highest BCUT2D eigenvalue weighted by Gasteiger charge is 2.43. The van der Waals surface area contributed by atoms with Gasteiger partial charge in [0.2, 0.25) is 0 Å². The Morgan fingerprint density at radius 1 is 1.32 bits per heavy atom. The number of hydrogen-bond donors (Lipinski definition) is 1. The Morgan fingerprint density at radius 2 is 2.05 bits per heavy atom. The van der Waals surface area contributed by atoms with Crippen LogP contribution >= 0.6 is 0 Å². The summed E-state index contributed by atoms with van der Waals surface area (Å²) in [5.41, 5.74) is 0. The minimum atomic E-state index is -0.784. The van der Waals surface area contributed by atoms with Gasteiger partial charge in [-0.15, -0.1) is 0 Å². The molecule has 1 saturated heterocycles. The summed E-state index contributed by atoms with van der Waals surface area (Å²) in [4.78, 5) is 0. The first-order valence-electron chi connectivity index (χ1n) is 6.82. The van der Waals surface area contributed by atoms with Crippen molar-refractivity contribution < 1.29 is 24.1 Å². The fourth-order valence-electron chi connectivity index (χ4n) is 2.35. The monoisotopic (exact) mass is 274 g/mol. The van der Waals surface area contributed by atoms with Crippen LogP contribution in [0.3, 0.4) is 0 Å². The van der Waals surface area contributed by atoms with E-state index in [1.165, 1.54) is 7.11 Å². The van der Waals surface area contributed by atoms with Gasteiger partial charge in [0.05, 0.1) is 0 Å². The minimum absolute atomic E-state index is 0.123. The summed E-state index contributed by atoms with van der Waals surface area (Å²) >= 11 is 0. The average Bonchev–Trinajstić information content (AvgIpc) is 2.39. The molecular formula is C14H26O5. The van der Waals surface area contributed by atoms with Crippen LogP contribution in [0.1, 0.15) is 32.6 Å². The number of hydrogen-bond acceptors (Lipinski definition) is 5. The van der Waals surface area contributed by atoms with Crippen LogP contribution in [0.4, 0.5) is 0 Å². The van der Waals surface area contributed by atoms with E-state index in [1.54, 1.807) is 7.11 Å². The fraction of sp³-hybridized carbons (Fsp3) is 0.857. The topological polar surface area (TPSA) is 57.2 Å². The smallest absolute Gasteiger partial charge is 0.147 e. The van der Waals surface area contributed by atoms with E-state index in [4.69, 9.17) is 18.9 Å². The molecular weight excluding hydrogens is 248 g/mol. The third-order valence-corrected chi connectivity index (χ3v) is 3.36. The third-order valence-electron chi connectivity index (χ3n) is 3.36. The van der Waals surface area contributed by atoms with E-state index in [0.29, 0.717) is 5.76 Å². The van der Waals surface area contributed by atoms with Crippen molar-refractivity contribution in [2.45, 2.75) is 57.0 Å². The van der Waals surface area contributed by atoms with Gasteiger partial charge in [-0.25, -0.2) is 0 Å². The van der Waals surface area contributed by atoms with E-state index in [2.05, 4.69) is 13.5 Å². The van der Waals surface area contributed by atoms with Gasteiger partial charge >= 0.3 is 0 Å². The molecule has 5 nitrogen and oxygen atoms in total. The number of aliphatic hydroxyl groups excluding tert-OH is 1. The standard InChI is InChI=1S/C14H26O5/c1-5-6-7-8-11-14(18-9-16-3)12(15)13(17-4)10(2)19-11/h11-15H,2,5-9H2,1,3-4H3. The van der Waals surface area contributed by atoms with Crippen molar-refractivity contribution in [3.63, 3.8) is 0 Å². The van der Waals surface area contributed by atoms with E-state index in [0.717, 1.165) is 25.7 Å². The molecule has 0 amide bonds. The normalized spacial score (nSPS) is 31.3. The molecule has 1 N–H and O–H groups in total. The van der Waals surface area contributed by atoms with E-state index >= 15 is 0 Å². The molecule has 0 spiro atoms. The van der Waals surface area contributed by atoms with Crippen molar-refractivity contribution >= 4 is 0 Å². The summed E-state index contributed by atoms with van der Waals surface area (Å²) in [5, 5.41) is 10.3. The zero-order valence-corrected chi connectivity index (χ0v) is 12.1. The Balaban J connectivity index is 2.66. The molecule has 0 saturated carbocycles. The Labute approximate surface area is 115 Å². The van der Waals surface area contributed by atoms with Crippen molar-refractivity contribution in [3.8, 4) is 0 Å². The molecule has 1 heterocycles. The first-order valence-corrected chi connectivity index (χ1v) is 6.82. The summed E-state index contributed by atoms with van der Waals surface area (Å²) in [6, 6.07) is 0. The second kappa shape index (κ2) is 8.53. The molecule has 0 aliphatic carbocycles. The number of methoxy groups -OCH3 is 2. The molecule has 1 aliphatic heterocycles. The maximum Gasteiger partial charge on any atom is 0.147 e. The fourth-order valence-corrected chi connectivity index (χ4v) is 2.35. The molecule has 1 rings (SSSR count). The molecule has 4 unspecified atom stereocenters. The number of aliphatic hydroxyl groups is 1. The van der Waals surface area contributed by atoms with Crippen molar-refractivity contribution in [3.05, 3.63) is 12.3 Å². The van der Waals surface area contributed by atoms with E-state index in [9.17, 15) is 5.11 Å². The van der Waals surface area contributed by atoms with Gasteiger partial charge in [0.1, 0.15) is 37.0 Å². The molecule has 0 radical (unpaired) electrons. The van der Waals surface area contributed by atoms with Crippen molar-refractivity contribution in [2.75, 3.05) is 21.0 Å². The zero-order chi connectivity index (χ0) is 14.3. The Morgan fingerprint density at radius 3 is 2.63 bits per heavy atom. The quantitative estimate of drug-likeness (QED) is 0.540. The second-order valence-electron chi connectivity index (χ2n) is 4.80. The maximum absolute atomic E-state index is 10.3. The Kier molecular flexibility index (Phi) is 7.38. The van der Waals surface area contributed by atoms with Gasteiger partial charge in [-0.3, -0.25) is 0 Å². The number of rotatable bonds is 8. The Hall–Kier alpha value is -0.620. The van der Waals surface area contributed by atoms with Crippen LogP contribution in [0.15, 0.2) is 12.3 Å².